The summed E-state index contributed by atoms with van der Waals surface area (Å²) < 4.78 is 0.954. The van der Waals surface area contributed by atoms with E-state index in [2.05, 4.69) is 15.9 Å². The number of anilines is 1. The molecular weight excluding hydrogens is 318 g/mol. The van der Waals surface area contributed by atoms with E-state index in [4.69, 9.17) is 11.5 Å². The van der Waals surface area contributed by atoms with E-state index in [1.807, 2.05) is 53.8 Å². The van der Waals surface area contributed by atoms with Gasteiger partial charge in [0.05, 0.1) is 0 Å². The second-order valence-corrected chi connectivity index (χ2v) is 5.48. The predicted octanol–water partition coefficient (Wildman–Crippen LogP) is 1.17. The Morgan fingerprint density at radius 3 is 2.55 bits per heavy atom. The average molecular weight is 335 g/mol. The molecule has 4 nitrogen and oxygen atoms in total. The molecule has 0 unspecified atom stereocenters. The van der Waals surface area contributed by atoms with E-state index in [-0.39, 0.29) is 18.5 Å². The lowest BCUT2D eigenvalue weighted by atomic mass is 9.97. The highest BCUT2D eigenvalue weighted by molar-refractivity contribution is 9.10. The Hall–Kier alpha value is -1.85. The van der Waals surface area contributed by atoms with Gasteiger partial charge in [0.2, 0.25) is 0 Å². The van der Waals surface area contributed by atoms with E-state index in [0.717, 1.165) is 15.6 Å². The number of nitrogen functional groups attached to an aromatic ring is 1. The van der Waals surface area contributed by atoms with Crippen molar-refractivity contribution in [1.29, 1.82) is 0 Å². The number of rotatable bonds is 5. The quantitative estimate of drug-likeness (QED) is 0.717. The Labute approximate surface area is 126 Å². The summed E-state index contributed by atoms with van der Waals surface area (Å²) in [5.41, 5.74) is 14.1. The zero-order valence-electron chi connectivity index (χ0n) is 10.9. The van der Waals surface area contributed by atoms with E-state index in [1.54, 1.807) is 0 Å². The van der Waals surface area contributed by atoms with Gasteiger partial charge in [-0.2, -0.15) is 0 Å². The molecule has 2 aromatic rings. The van der Waals surface area contributed by atoms with Gasteiger partial charge in [-0.1, -0.05) is 46.3 Å². The lowest BCUT2D eigenvalue weighted by molar-refractivity contribution is -0.676. The molecule has 20 heavy (non-hydrogen) atoms. The summed E-state index contributed by atoms with van der Waals surface area (Å²) in [5.74, 6) is -0.348. The molecule has 0 aromatic heterocycles. The highest BCUT2D eigenvalue weighted by Gasteiger charge is 2.20. The van der Waals surface area contributed by atoms with Gasteiger partial charge in [0.1, 0.15) is 6.04 Å². The molecule has 0 aliphatic heterocycles. The molecule has 0 saturated carbocycles. The van der Waals surface area contributed by atoms with Crippen molar-refractivity contribution in [3.05, 3.63) is 64.1 Å². The third kappa shape index (κ3) is 3.59. The standard InChI is InChI=1S/C15H16BrN3O/c16-11-6-7-13(17)12(8-11)15(19-9-14(18)20)10-4-2-1-3-5-10/h1-8,15,19H,9,17H2,(H2,18,20)/p+1/t15-/m0/s1. The van der Waals surface area contributed by atoms with Crippen molar-refractivity contribution in [2.24, 2.45) is 5.73 Å². The van der Waals surface area contributed by atoms with E-state index in [1.165, 1.54) is 0 Å². The second-order valence-electron chi connectivity index (χ2n) is 4.57. The molecule has 2 aromatic carbocycles. The number of carbonyl (C=O) groups is 1. The third-order valence-electron chi connectivity index (χ3n) is 3.10. The van der Waals surface area contributed by atoms with Crippen LogP contribution in [0.4, 0.5) is 5.69 Å². The van der Waals surface area contributed by atoms with Crippen LogP contribution in [0.15, 0.2) is 53.0 Å². The van der Waals surface area contributed by atoms with Gasteiger partial charge >= 0.3 is 0 Å². The molecule has 0 radical (unpaired) electrons. The summed E-state index contributed by atoms with van der Waals surface area (Å²) in [4.78, 5) is 11.1. The van der Waals surface area contributed by atoms with Crippen LogP contribution >= 0.6 is 15.9 Å². The number of primary amides is 1. The Morgan fingerprint density at radius 2 is 1.90 bits per heavy atom. The molecule has 0 aliphatic carbocycles. The van der Waals surface area contributed by atoms with Gasteiger partial charge in [-0.05, 0) is 18.2 Å². The van der Waals surface area contributed by atoms with Crippen molar-refractivity contribution in [1.82, 2.24) is 0 Å². The van der Waals surface area contributed by atoms with Crippen molar-refractivity contribution >= 4 is 27.5 Å². The van der Waals surface area contributed by atoms with Crippen LogP contribution in [0.1, 0.15) is 17.2 Å². The minimum Gasteiger partial charge on any atom is -0.398 e. The molecule has 2 rings (SSSR count). The number of quaternary nitrogens is 1. The van der Waals surface area contributed by atoms with Gasteiger partial charge in [0, 0.05) is 21.3 Å². The summed E-state index contributed by atoms with van der Waals surface area (Å²) in [6.45, 7) is 0.214. The first-order valence-corrected chi connectivity index (χ1v) is 7.08. The van der Waals surface area contributed by atoms with Crippen molar-refractivity contribution < 1.29 is 10.1 Å². The lowest BCUT2D eigenvalue weighted by Gasteiger charge is -2.18. The first-order chi connectivity index (χ1) is 9.58. The summed E-state index contributed by atoms with van der Waals surface area (Å²) in [5, 5.41) is 1.90. The van der Waals surface area contributed by atoms with Crippen LogP contribution in [0, 0.1) is 0 Å². The minimum absolute atomic E-state index is 0.0544. The van der Waals surface area contributed by atoms with Crippen LogP contribution in [0.25, 0.3) is 0 Å². The molecule has 5 heteroatoms. The van der Waals surface area contributed by atoms with E-state index < -0.39 is 0 Å². The summed E-state index contributed by atoms with van der Waals surface area (Å²) in [6.07, 6.45) is 0. The van der Waals surface area contributed by atoms with Gasteiger partial charge in [-0.15, -0.1) is 0 Å². The van der Waals surface area contributed by atoms with Crippen molar-refractivity contribution in [2.45, 2.75) is 6.04 Å². The van der Waals surface area contributed by atoms with Gasteiger partial charge in [0.15, 0.2) is 6.54 Å². The normalized spacial score (nSPS) is 12.1. The summed E-state index contributed by atoms with van der Waals surface area (Å²) >= 11 is 3.46. The predicted molar refractivity (Wildman–Crippen MR) is 82.8 cm³/mol. The number of hydrogen-bond acceptors (Lipinski definition) is 2. The molecule has 1 atom stereocenters. The fourth-order valence-corrected chi connectivity index (χ4v) is 2.53. The molecule has 0 heterocycles. The molecule has 0 spiro atoms. The Bertz CT molecular complexity index is 601. The van der Waals surface area contributed by atoms with Crippen LogP contribution in [0.3, 0.4) is 0 Å². The number of carbonyl (C=O) groups excluding carboxylic acids is 1. The maximum atomic E-state index is 11.1. The van der Waals surface area contributed by atoms with E-state index in [9.17, 15) is 4.79 Å². The lowest BCUT2D eigenvalue weighted by Crippen LogP contribution is -2.87. The Kier molecular flexibility index (Phi) is 4.76. The number of hydrogen-bond donors (Lipinski definition) is 3. The molecule has 6 N–H and O–H groups in total. The topological polar surface area (TPSA) is 85.7 Å². The molecule has 0 fully saturated rings. The highest BCUT2D eigenvalue weighted by atomic mass is 79.9. The monoisotopic (exact) mass is 334 g/mol. The van der Waals surface area contributed by atoms with Gasteiger partial charge in [0.25, 0.3) is 5.91 Å². The zero-order chi connectivity index (χ0) is 14.5. The van der Waals surface area contributed by atoms with Crippen molar-refractivity contribution in [3.63, 3.8) is 0 Å². The van der Waals surface area contributed by atoms with Crippen LogP contribution in [-0.2, 0) is 4.79 Å². The van der Waals surface area contributed by atoms with Crippen LogP contribution in [0.2, 0.25) is 0 Å². The van der Waals surface area contributed by atoms with Gasteiger partial charge in [-0.3, -0.25) is 4.79 Å². The molecular formula is C15H17BrN3O+. The second kappa shape index (κ2) is 6.54. The minimum atomic E-state index is -0.348. The summed E-state index contributed by atoms with van der Waals surface area (Å²) in [7, 11) is 0. The van der Waals surface area contributed by atoms with Gasteiger partial charge in [-0.25, -0.2) is 0 Å². The smallest absolute Gasteiger partial charge is 0.272 e. The Balaban J connectivity index is 2.40. The number of benzene rings is 2. The molecule has 1 amide bonds. The summed E-state index contributed by atoms with van der Waals surface area (Å²) in [6, 6.07) is 15.6. The number of nitrogens with two attached hydrogens (primary N) is 3. The Morgan fingerprint density at radius 1 is 1.20 bits per heavy atom. The highest BCUT2D eigenvalue weighted by Crippen LogP contribution is 2.26. The third-order valence-corrected chi connectivity index (χ3v) is 3.59. The molecule has 0 bridgehead atoms. The van der Waals surface area contributed by atoms with Crippen molar-refractivity contribution in [3.8, 4) is 0 Å². The molecule has 0 aliphatic rings. The van der Waals surface area contributed by atoms with E-state index >= 15 is 0 Å². The maximum Gasteiger partial charge on any atom is 0.272 e. The molecule has 0 saturated heterocycles. The van der Waals surface area contributed by atoms with Crippen LogP contribution < -0.4 is 16.8 Å². The fraction of sp³-hybridized carbons (Fsp3) is 0.133. The molecule has 104 valence electrons. The maximum absolute atomic E-state index is 11.1. The first-order valence-electron chi connectivity index (χ1n) is 6.29. The number of halogens is 1. The van der Waals surface area contributed by atoms with E-state index in [0.29, 0.717) is 5.69 Å². The average Bonchev–Trinajstić information content (AvgIpc) is 2.43. The zero-order valence-corrected chi connectivity index (χ0v) is 12.5. The van der Waals surface area contributed by atoms with Crippen molar-refractivity contribution in [2.75, 3.05) is 12.3 Å². The van der Waals surface area contributed by atoms with Crippen LogP contribution in [0.5, 0.6) is 0 Å². The van der Waals surface area contributed by atoms with Crippen LogP contribution in [-0.4, -0.2) is 12.5 Å². The van der Waals surface area contributed by atoms with Gasteiger partial charge < -0.3 is 16.8 Å². The SMILES string of the molecule is NC(=O)C[NH2+][C@@H](c1ccccc1)c1cc(Br)ccc1N. The largest absolute Gasteiger partial charge is 0.398 e. The number of amides is 1. The first kappa shape index (κ1) is 14.6. The fourth-order valence-electron chi connectivity index (χ4n) is 2.15.